The minimum Gasteiger partial charge on any atom is -0.480 e. The summed E-state index contributed by atoms with van der Waals surface area (Å²) in [4.78, 5) is 11.2. The van der Waals surface area contributed by atoms with Gasteiger partial charge in [-0.25, -0.2) is 0 Å². The summed E-state index contributed by atoms with van der Waals surface area (Å²) in [6.45, 7) is 5.08. The molecule has 106 valence electrons. The van der Waals surface area contributed by atoms with Gasteiger partial charge in [0.1, 0.15) is 6.04 Å². The second-order valence-corrected chi connectivity index (χ2v) is 4.84. The summed E-state index contributed by atoms with van der Waals surface area (Å²) in [7, 11) is 1.66. The fourth-order valence-corrected chi connectivity index (χ4v) is 1.99. The SMILES string of the molecule is CC[C@H](C)[C@H](NCc1cccc(COC)c1)C(=O)O. The van der Waals surface area contributed by atoms with Crippen molar-refractivity contribution >= 4 is 5.97 Å². The average molecular weight is 265 g/mol. The molecule has 0 aliphatic heterocycles. The molecule has 0 saturated heterocycles. The summed E-state index contributed by atoms with van der Waals surface area (Å²) in [6, 6.07) is 7.48. The van der Waals surface area contributed by atoms with Gasteiger partial charge in [-0.05, 0) is 17.0 Å². The van der Waals surface area contributed by atoms with E-state index in [0.29, 0.717) is 13.2 Å². The van der Waals surface area contributed by atoms with Crippen molar-refractivity contribution in [3.05, 3.63) is 35.4 Å². The van der Waals surface area contributed by atoms with Crippen LogP contribution >= 0.6 is 0 Å². The molecule has 0 aliphatic carbocycles. The molecule has 0 aromatic heterocycles. The van der Waals surface area contributed by atoms with Crippen molar-refractivity contribution < 1.29 is 14.6 Å². The summed E-state index contributed by atoms with van der Waals surface area (Å²) in [6.07, 6.45) is 0.841. The van der Waals surface area contributed by atoms with E-state index in [1.807, 2.05) is 38.1 Å². The smallest absolute Gasteiger partial charge is 0.320 e. The van der Waals surface area contributed by atoms with Crippen molar-refractivity contribution in [1.82, 2.24) is 5.32 Å². The Balaban J connectivity index is 2.63. The van der Waals surface area contributed by atoms with E-state index in [2.05, 4.69) is 5.32 Å². The lowest BCUT2D eigenvalue weighted by molar-refractivity contribution is -0.140. The molecule has 1 aromatic carbocycles. The molecule has 0 aliphatic rings. The Morgan fingerprint density at radius 3 is 2.68 bits per heavy atom. The molecule has 0 heterocycles. The fourth-order valence-electron chi connectivity index (χ4n) is 1.99. The van der Waals surface area contributed by atoms with Crippen LogP contribution in [0, 0.1) is 5.92 Å². The molecule has 0 unspecified atom stereocenters. The second kappa shape index (κ2) is 7.92. The summed E-state index contributed by atoms with van der Waals surface area (Å²) in [5, 5.41) is 12.3. The number of carboxylic acid groups (broad SMARTS) is 1. The Morgan fingerprint density at radius 1 is 1.42 bits per heavy atom. The Hall–Kier alpha value is -1.39. The van der Waals surface area contributed by atoms with Gasteiger partial charge in [-0.3, -0.25) is 4.79 Å². The fraction of sp³-hybridized carbons (Fsp3) is 0.533. The Labute approximate surface area is 114 Å². The van der Waals surface area contributed by atoms with Gasteiger partial charge in [0.15, 0.2) is 0 Å². The van der Waals surface area contributed by atoms with Gasteiger partial charge in [-0.1, -0.05) is 44.5 Å². The van der Waals surface area contributed by atoms with E-state index in [0.717, 1.165) is 17.5 Å². The van der Waals surface area contributed by atoms with Crippen molar-refractivity contribution in [2.24, 2.45) is 5.92 Å². The minimum atomic E-state index is -0.789. The summed E-state index contributed by atoms with van der Waals surface area (Å²) >= 11 is 0. The summed E-state index contributed by atoms with van der Waals surface area (Å²) in [5.74, 6) is -0.679. The molecule has 1 aromatic rings. The zero-order valence-electron chi connectivity index (χ0n) is 11.8. The molecular weight excluding hydrogens is 242 g/mol. The van der Waals surface area contributed by atoms with Gasteiger partial charge in [0.2, 0.25) is 0 Å². The lowest BCUT2D eigenvalue weighted by Crippen LogP contribution is -2.41. The van der Waals surface area contributed by atoms with E-state index in [4.69, 9.17) is 4.74 Å². The van der Waals surface area contributed by atoms with E-state index < -0.39 is 12.0 Å². The number of carbonyl (C=O) groups is 1. The third-order valence-corrected chi connectivity index (χ3v) is 3.31. The molecule has 0 amide bonds. The van der Waals surface area contributed by atoms with Crippen LogP contribution in [-0.4, -0.2) is 24.2 Å². The van der Waals surface area contributed by atoms with Crippen LogP contribution in [0.1, 0.15) is 31.4 Å². The van der Waals surface area contributed by atoms with Gasteiger partial charge < -0.3 is 15.2 Å². The first-order valence-corrected chi connectivity index (χ1v) is 6.61. The molecule has 2 atom stereocenters. The van der Waals surface area contributed by atoms with Crippen LogP contribution in [0.4, 0.5) is 0 Å². The van der Waals surface area contributed by atoms with Crippen LogP contribution < -0.4 is 5.32 Å². The molecule has 0 fully saturated rings. The highest BCUT2D eigenvalue weighted by Crippen LogP contribution is 2.11. The van der Waals surface area contributed by atoms with Crippen molar-refractivity contribution in [3.8, 4) is 0 Å². The maximum Gasteiger partial charge on any atom is 0.320 e. The molecule has 0 spiro atoms. The van der Waals surface area contributed by atoms with Crippen LogP contribution in [0.2, 0.25) is 0 Å². The van der Waals surface area contributed by atoms with E-state index in [1.165, 1.54) is 0 Å². The lowest BCUT2D eigenvalue weighted by atomic mass is 9.99. The first-order chi connectivity index (χ1) is 9.08. The van der Waals surface area contributed by atoms with Gasteiger partial charge in [-0.2, -0.15) is 0 Å². The molecule has 4 nitrogen and oxygen atoms in total. The lowest BCUT2D eigenvalue weighted by Gasteiger charge is -2.20. The van der Waals surface area contributed by atoms with E-state index >= 15 is 0 Å². The second-order valence-electron chi connectivity index (χ2n) is 4.84. The van der Waals surface area contributed by atoms with Crippen molar-refractivity contribution in [1.29, 1.82) is 0 Å². The normalized spacial score (nSPS) is 14.1. The number of hydrogen-bond donors (Lipinski definition) is 2. The van der Waals surface area contributed by atoms with E-state index in [1.54, 1.807) is 7.11 Å². The third kappa shape index (κ3) is 5.01. The Kier molecular flexibility index (Phi) is 6.53. The summed E-state index contributed by atoms with van der Waals surface area (Å²) in [5.41, 5.74) is 2.17. The first-order valence-electron chi connectivity index (χ1n) is 6.61. The van der Waals surface area contributed by atoms with Crippen molar-refractivity contribution in [2.45, 2.75) is 39.5 Å². The van der Waals surface area contributed by atoms with Crippen LogP contribution in [0.15, 0.2) is 24.3 Å². The van der Waals surface area contributed by atoms with Gasteiger partial charge in [0, 0.05) is 13.7 Å². The van der Waals surface area contributed by atoms with Gasteiger partial charge >= 0.3 is 5.97 Å². The van der Waals surface area contributed by atoms with Gasteiger partial charge in [0.25, 0.3) is 0 Å². The van der Waals surface area contributed by atoms with E-state index in [9.17, 15) is 9.90 Å². The number of hydrogen-bond acceptors (Lipinski definition) is 3. The maximum absolute atomic E-state index is 11.2. The highest BCUT2D eigenvalue weighted by atomic mass is 16.5. The average Bonchev–Trinajstić information content (AvgIpc) is 2.39. The molecule has 0 bridgehead atoms. The summed E-state index contributed by atoms with van der Waals surface area (Å²) < 4.78 is 5.09. The number of carboxylic acids is 1. The highest BCUT2D eigenvalue weighted by molar-refractivity contribution is 5.73. The zero-order chi connectivity index (χ0) is 14.3. The van der Waals surface area contributed by atoms with Crippen LogP contribution in [0.25, 0.3) is 0 Å². The van der Waals surface area contributed by atoms with Gasteiger partial charge in [0.05, 0.1) is 6.61 Å². The third-order valence-electron chi connectivity index (χ3n) is 3.31. The van der Waals surface area contributed by atoms with E-state index in [-0.39, 0.29) is 5.92 Å². The van der Waals surface area contributed by atoms with Crippen LogP contribution in [-0.2, 0) is 22.7 Å². The molecule has 1 rings (SSSR count). The standard InChI is InChI=1S/C15H23NO3/c1-4-11(2)14(15(17)18)16-9-12-6-5-7-13(8-12)10-19-3/h5-8,11,14,16H,4,9-10H2,1-3H3,(H,17,18)/t11-,14-/m0/s1. The predicted molar refractivity (Wildman–Crippen MR) is 74.9 cm³/mol. The molecule has 2 N–H and O–H groups in total. The Morgan fingerprint density at radius 2 is 2.11 bits per heavy atom. The molecule has 4 heteroatoms. The monoisotopic (exact) mass is 265 g/mol. The molecular formula is C15H23NO3. The first kappa shape index (κ1) is 15.7. The molecule has 0 saturated carbocycles. The number of methoxy groups -OCH3 is 1. The van der Waals surface area contributed by atoms with Gasteiger partial charge in [-0.15, -0.1) is 0 Å². The molecule has 19 heavy (non-hydrogen) atoms. The van der Waals surface area contributed by atoms with Crippen molar-refractivity contribution in [3.63, 3.8) is 0 Å². The molecule has 0 radical (unpaired) electrons. The number of nitrogens with one attached hydrogen (secondary N) is 1. The van der Waals surface area contributed by atoms with Crippen LogP contribution in [0.5, 0.6) is 0 Å². The number of aliphatic carboxylic acids is 1. The predicted octanol–water partition coefficient (Wildman–Crippen LogP) is 2.42. The Bertz CT molecular complexity index is 406. The number of benzene rings is 1. The topological polar surface area (TPSA) is 58.6 Å². The largest absolute Gasteiger partial charge is 0.480 e. The number of rotatable bonds is 8. The quantitative estimate of drug-likeness (QED) is 0.758. The zero-order valence-corrected chi connectivity index (χ0v) is 11.8. The minimum absolute atomic E-state index is 0.111. The maximum atomic E-state index is 11.2. The highest BCUT2D eigenvalue weighted by Gasteiger charge is 2.22. The van der Waals surface area contributed by atoms with Crippen LogP contribution in [0.3, 0.4) is 0 Å². The van der Waals surface area contributed by atoms with Crippen molar-refractivity contribution in [2.75, 3.05) is 7.11 Å². The number of ether oxygens (including phenoxy) is 1.